The smallest absolute Gasteiger partial charge is 0.322 e. The van der Waals surface area contributed by atoms with Crippen LogP contribution >= 0.6 is 12.4 Å². The number of imide groups is 1. The van der Waals surface area contributed by atoms with Crippen molar-refractivity contribution >= 4 is 35.9 Å². The number of rotatable bonds is 5. The number of nitrogens with two attached hydrogens (primary N) is 1. The lowest BCUT2D eigenvalue weighted by Crippen LogP contribution is -2.40. The average Bonchev–Trinajstić information content (AvgIpc) is 2.72. The molecule has 0 aromatic heterocycles. The number of nitrogens with one attached hydrogen (secondary N) is 3. The second-order valence-corrected chi connectivity index (χ2v) is 6.34. The van der Waals surface area contributed by atoms with Gasteiger partial charge in [0.25, 0.3) is 5.91 Å². The molecule has 1 aliphatic heterocycles. The van der Waals surface area contributed by atoms with E-state index in [0.717, 1.165) is 0 Å². The van der Waals surface area contributed by atoms with Gasteiger partial charge in [-0.15, -0.1) is 12.4 Å². The van der Waals surface area contributed by atoms with Gasteiger partial charge in [0, 0.05) is 5.69 Å². The molecule has 0 aliphatic carbocycles. The maximum Gasteiger partial charge on any atom is 0.322 e. The number of hydrogen-bond donors (Lipinski definition) is 4. The minimum Gasteiger partial charge on any atom is -0.325 e. The molecule has 0 saturated carbocycles. The van der Waals surface area contributed by atoms with E-state index in [-0.39, 0.29) is 18.3 Å². The topological polar surface area (TPSA) is 113 Å². The normalized spacial score (nSPS) is 20.9. The van der Waals surface area contributed by atoms with Crippen molar-refractivity contribution in [2.75, 3.05) is 5.32 Å². The van der Waals surface area contributed by atoms with Crippen molar-refractivity contribution in [2.24, 2.45) is 11.7 Å². The van der Waals surface area contributed by atoms with E-state index < -0.39 is 23.5 Å². The molecule has 2 rings (SSSR count). The number of carbonyl (C=O) groups is 3. The minimum absolute atomic E-state index is 0. The Labute approximate surface area is 147 Å². The van der Waals surface area contributed by atoms with Crippen LogP contribution in [0.5, 0.6) is 0 Å². The number of halogens is 1. The lowest BCUT2D eigenvalue weighted by molar-refractivity contribution is -0.123. The fraction of sp³-hybridized carbons (Fsp3) is 0.438. The Bertz CT molecular complexity index is 650. The summed E-state index contributed by atoms with van der Waals surface area (Å²) >= 11 is 0. The van der Waals surface area contributed by atoms with Crippen LogP contribution in [-0.2, 0) is 15.1 Å². The van der Waals surface area contributed by atoms with Crippen LogP contribution in [0, 0.1) is 5.92 Å². The van der Waals surface area contributed by atoms with Gasteiger partial charge in [0.05, 0.1) is 6.04 Å². The third-order valence-electron chi connectivity index (χ3n) is 3.81. The Kier molecular flexibility index (Phi) is 6.34. The summed E-state index contributed by atoms with van der Waals surface area (Å²) in [5, 5.41) is 7.54. The molecule has 1 saturated heterocycles. The first-order valence-corrected chi connectivity index (χ1v) is 7.53. The monoisotopic (exact) mass is 354 g/mol. The number of amides is 4. The predicted octanol–water partition coefficient (Wildman–Crippen LogP) is 1.47. The fourth-order valence-corrected chi connectivity index (χ4v) is 2.50. The summed E-state index contributed by atoms with van der Waals surface area (Å²) in [6.45, 7) is 5.60. The highest BCUT2D eigenvalue weighted by atomic mass is 35.5. The Morgan fingerprint density at radius 3 is 2.54 bits per heavy atom. The van der Waals surface area contributed by atoms with Crippen molar-refractivity contribution in [3.8, 4) is 0 Å². The van der Waals surface area contributed by atoms with Crippen LogP contribution in [0.15, 0.2) is 24.3 Å². The van der Waals surface area contributed by atoms with Crippen molar-refractivity contribution in [3.05, 3.63) is 29.8 Å². The first-order chi connectivity index (χ1) is 10.7. The third kappa shape index (κ3) is 4.24. The van der Waals surface area contributed by atoms with Gasteiger partial charge in [-0.2, -0.15) is 0 Å². The van der Waals surface area contributed by atoms with Crippen LogP contribution in [-0.4, -0.2) is 23.9 Å². The van der Waals surface area contributed by atoms with Crippen molar-refractivity contribution in [2.45, 2.75) is 38.8 Å². The maximum absolute atomic E-state index is 12.1. The zero-order valence-electron chi connectivity index (χ0n) is 13.9. The van der Waals surface area contributed by atoms with Crippen molar-refractivity contribution in [1.29, 1.82) is 0 Å². The summed E-state index contributed by atoms with van der Waals surface area (Å²) in [5.74, 6) is -0.387. The molecule has 0 bridgehead atoms. The molecule has 1 heterocycles. The van der Waals surface area contributed by atoms with E-state index in [4.69, 9.17) is 5.73 Å². The van der Waals surface area contributed by atoms with Gasteiger partial charge < -0.3 is 16.4 Å². The quantitative estimate of drug-likeness (QED) is 0.599. The summed E-state index contributed by atoms with van der Waals surface area (Å²) in [6.07, 6.45) is 0.585. The number of carbonyl (C=O) groups excluding carboxylic acids is 3. The fourth-order valence-electron chi connectivity index (χ4n) is 2.50. The van der Waals surface area contributed by atoms with E-state index in [1.165, 1.54) is 0 Å². The average molecular weight is 355 g/mol. The van der Waals surface area contributed by atoms with Crippen LogP contribution in [0.1, 0.15) is 32.8 Å². The minimum atomic E-state index is -1.15. The van der Waals surface area contributed by atoms with Gasteiger partial charge in [-0.05, 0) is 37.0 Å². The lowest BCUT2D eigenvalue weighted by atomic mass is 9.92. The van der Waals surface area contributed by atoms with Crippen LogP contribution in [0.4, 0.5) is 10.5 Å². The highest BCUT2D eigenvalue weighted by Crippen LogP contribution is 2.26. The first kappa shape index (κ1) is 19.9. The van der Waals surface area contributed by atoms with Crippen LogP contribution in [0.2, 0.25) is 0 Å². The molecule has 0 radical (unpaired) electrons. The number of benzene rings is 1. The molecule has 1 unspecified atom stereocenters. The van der Waals surface area contributed by atoms with Gasteiger partial charge >= 0.3 is 6.03 Å². The van der Waals surface area contributed by atoms with E-state index in [1.54, 1.807) is 31.2 Å². The Balaban J connectivity index is 0.00000288. The Morgan fingerprint density at radius 2 is 2.00 bits per heavy atom. The summed E-state index contributed by atoms with van der Waals surface area (Å²) in [6, 6.07) is 5.67. The van der Waals surface area contributed by atoms with E-state index in [1.807, 2.05) is 13.8 Å². The molecular weight excluding hydrogens is 332 g/mol. The van der Waals surface area contributed by atoms with Crippen LogP contribution in [0.25, 0.3) is 0 Å². The summed E-state index contributed by atoms with van der Waals surface area (Å²) in [7, 11) is 0. The molecule has 5 N–H and O–H groups in total. The largest absolute Gasteiger partial charge is 0.325 e. The van der Waals surface area contributed by atoms with Crippen LogP contribution in [0.3, 0.4) is 0 Å². The molecule has 2 atom stereocenters. The standard InChI is InChI=1S/C16H22N4O3.ClH/c1-9(2)7-12(17)13(21)18-11-6-4-5-10(8-11)16(3)14(22)19-15(23)20-16;/h4-6,8-9,12H,7,17H2,1-3H3,(H,18,21)(H2,19,20,22,23);1H/t12-,16?;/m0./s1. The van der Waals surface area contributed by atoms with Gasteiger partial charge in [0.1, 0.15) is 5.54 Å². The highest BCUT2D eigenvalue weighted by molar-refractivity contribution is 6.07. The summed E-state index contributed by atoms with van der Waals surface area (Å²) in [5.41, 5.74) is 5.81. The molecule has 1 aromatic rings. The van der Waals surface area contributed by atoms with Gasteiger partial charge in [0.2, 0.25) is 5.91 Å². The Morgan fingerprint density at radius 1 is 1.33 bits per heavy atom. The molecule has 132 valence electrons. The molecule has 1 fully saturated rings. The molecule has 1 aromatic carbocycles. The number of hydrogen-bond acceptors (Lipinski definition) is 4. The molecule has 24 heavy (non-hydrogen) atoms. The molecule has 0 spiro atoms. The van der Waals surface area contributed by atoms with Gasteiger partial charge in [-0.25, -0.2) is 4.79 Å². The van der Waals surface area contributed by atoms with Crippen molar-refractivity contribution in [1.82, 2.24) is 10.6 Å². The predicted molar refractivity (Wildman–Crippen MR) is 93.8 cm³/mol. The number of urea groups is 1. The molecular formula is C16H23ClN4O3. The maximum atomic E-state index is 12.1. The number of anilines is 1. The first-order valence-electron chi connectivity index (χ1n) is 7.53. The molecule has 8 heteroatoms. The zero-order valence-corrected chi connectivity index (χ0v) is 14.7. The SMILES string of the molecule is CC(C)C[C@H](N)C(=O)Nc1cccc(C2(C)NC(=O)NC2=O)c1.Cl. The van der Waals surface area contributed by atoms with Crippen molar-refractivity contribution in [3.63, 3.8) is 0 Å². The van der Waals surface area contributed by atoms with E-state index in [2.05, 4.69) is 16.0 Å². The second-order valence-electron chi connectivity index (χ2n) is 6.34. The van der Waals surface area contributed by atoms with E-state index in [0.29, 0.717) is 23.6 Å². The molecule has 4 amide bonds. The van der Waals surface area contributed by atoms with E-state index in [9.17, 15) is 14.4 Å². The summed E-state index contributed by atoms with van der Waals surface area (Å²) in [4.78, 5) is 35.4. The zero-order chi connectivity index (χ0) is 17.2. The Hall–Kier alpha value is -2.12. The van der Waals surface area contributed by atoms with Gasteiger partial charge in [-0.1, -0.05) is 26.0 Å². The van der Waals surface area contributed by atoms with Gasteiger partial charge in [-0.3, -0.25) is 14.9 Å². The molecule has 1 aliphatic rings. The van der Waals surface area contributed by atoms with Crippen LogP contribution < -0.4 is 21.7 Å². The lowest BCUT2D eigenvalue weighted by Gasteiger charge is -2.22. The molecule has 7 nitrogen and oxygen atoms in total. The van der Waals surface area contributed by atoms with E-state index >= 15 is 0 Å². The van der Waals surface area contributed by atoms with Gasteiger partial charge in [0.15, 0.2) is 0 Å². The van der Waals surface area contributed by atoms with Crippen molar-refractivity contribution < 1.29 is 14.4 Å². The third-order valence-corrected chi connectivity index (χ3v) is 3.81. The second kappa shape index (κ2) is 7.63. The highest BCUT2D eigenvalue weighted by Gasteiger charge is 2.43. The summed E-state index contributed by atoms with van der Waals surface area (Å²) < 4.78 is 0.